The van der Waals surface area contributed by atoms with Crippen LogP contribution in [0.3, 0.4) is 0 Å². The molecule has 0 aliphatic rings. The summed E-state index contributed by atoms with van der Waals surface area (Å²) in [5.74, 6) is 0.780. The Kier molecular flexibility index (Phi) is 3.78. The third-order valence-corrected chi connectivity index (χ3v) is 2.06. The standard InChI is InChI=1S/C11H16ClNO/c1-7(2)14-11-6-9(12)4-5-10(11)8(3)13/h4-8H,13H2,1-3H3/t8-/m0/s1. The highest BCUT2D eigenvalue weighted by Crippen LogP contribution is 2.28. The first-order chi connectivity index (χ1) is 6.50. The van der Waals surface area contributed by atoms with E-state index in [-0.39, 0.29) is 12.1 Å². The van der Waals surface area contributed by atoms with Crippen LogP contribution >= 0.6 is 11.6 Å². The van der Waals surface area contributed by atoms with E-state index in [0.717, 1.165) is 11.3 Å². The first-order valence-corrected chi connectivity index (χ1v) is 5.10. The highest BCUT2D eigenvalue weighted by molar-refractivity contribution is 6.30. The topological polar surface area (TPSA) is 35.2 Å². The van der Waals surface area contributed by atoms with Crippen LogP contribution in [-0.2, 0) is 0 Å². The molecule has 1 rings (SSSR count). The van der Waals surface area contributed by atoms with Gasteiger partial charge in [0, 0.05) is 16.6 Å². The number of hydrogen-bond donors (Lipinski definition) is 1. The zero-order valence-corrected chi connectivity index (χ0v) is 9.51. The molecular formula is C11H16ClNO. The van der Waals surface area contributed by atoms with E-state index in [1.54, 1.807) is 6.07 Å². The summed E-state index contributed by atoms with van der Waals surface area (Å²) < 4.78 is 5.62. The zero-order valence-electron chi connectivity index (χ0n) is 8.75. The van der Waals surface area contributed by atoms with Crippen LogP contribution in [0.2, 0.25) is 5.02 Å². The Balaban J connectivity index is 3.03. The number of ether oxygens (including phenoxy) is 1. The molecule has 0 unspecified atom stereocenters. The minimum absolute atomic E-state index is 0.0407. The van der Waals surface area contributed by atoms with Gasteiger partial charge in [-0.1, -0.05) is 17.7 Å². The summed E-state index contributed by atoms with van der Waals surface area (Å²) in [5, 5.41) is 0.671. The van der Waals surface area contributed by atoms with E-state index in [0.29, 0.717) is 5.02 Å². The largest absolute Gasteiger partial charge is 0.491 e. The summed E-state index contributed by atoms with van der Waals surface area (Å²) in [6, 6.07) is 5.50. The molecule has 0 bridgehead atoms. The Morgan fingerprint density at radius 1 is 1.29 bits per heavy atom. The van der Waals surface area contributed by atoms with Gasteiger partial charge in [0.15, 0.2) is 0 Å². The maximum absolute atomic E-state index is 5.88. The molecule has 0 fully saturated rings. The quantitative estimate of drug-likeness (QED) is 0.837. The Morgan fingerprint density at radius 3 is 2.43 bits per heavy atom. The van der Waals surface area contributed by atoms with Crippen molar-refractivity contribution >= 4 is 11.6 Å². The van der Waals surface area contributed by atoms with Crippen molar-refractivity contribution in [1.82, 2.24) is 0 Å². The smallest absolute Gasteiger partial charge is 0.125 e. The summed E-state index contributed by atoms with van der Waals surface area (Å²) in [4.78, 5) is 0. The SMILES string of the molecule is CC(C)Oc1cc(Cl)ccc1[C@H](C)N. The van der Waals surface area contributed by atoms with E-state index in [1.165, 1.54) is 0 Å². The van der Waals surface area contributed by atoms with Crippen LogP contribution in [0.5, 0.6) is 5.75 Å². The van der Waals surface area contributed by atoms with Crippen molar-refractivity contribution in [2.24, 2.45) is 5.73 Å². The van der Waals surface area contributed by atoms with Crippen molar-refractivity contribution < 1.29 is 4.74 Å². The highest BCUT2D eigenvalue weighted by atomic mass is 35.5. The maximum atomic E-state index is 5.88. The average Bonchev–Trinajstić information content (AvgIpc) is 2.01. The van der Waals surface area contributed by atoms with Gasteiger partial charge in [0.25, 0.3) is 0 Å². The molecule has 0 aromatic heterocycles. The third-order valence-electron chi connectivity index (χ3n) is 1.83. The second-order valence-corrected chi connectivity index (χ2v) is 4.07. The van der Waals surface area contributed by atoms with Gasteiger partial charge in [0.2, 0.25) is 0 Å². The molecule has 0 aliphatic heterocycles. The summed E-state index contributed by atoms with van der Waals surface area (Å²) in [6.45, 7) is 5.88. The molecule has 1 aromatic carbocycles. The second-order valence-electron chi connectivity index (χ2n) is 3.64. The lowest BCUT2D eigenvalue weighted by Gasteiger charge is -2.16. The van der Waals surface area contributed by atoms with Crippen LogP contribution in [-0.4, -0.2) is 6.10 Å². The van der Waals surface area contributed by atoms with E-state index >= 15 is 0 Å². The van der Waals surface area contributed by atoms with E-state index in [9.17, 15) is 0 Å². The fourth-order valence-corrected chi connectivity index (χ4v) is 1.40. The molecule has 0 amide bonds. The summed E-state index contributed by atoms with van der Waals surface area (Å²) in [7, 11) is 0. The van der Waals surface area contributed by atoms with Crippen molar-refractivity contribution in [2.45, 2.75) is 32.9 Å². The van der Waals surface area contributed by atoms with Crippen LogP contribution in [0.1, 0.15) is 32.4 Å². The molecule has 2 nitrogen and oxygen atoms in total. The van der Waals surface area contributed by atoms with E-state index in [1.807, 2.05) is 32.9 Å². The van der Waals surface area contributed by atoms with Gasteiger partial charge in [-0.05, 0) is 32.9 Å². The normalized spacial score (nSPS) is 13.0. The summed E-state index contributed by atoms with van der Waals surface area (Å²) in [6.07, 6.45) is 0.131. The van der Waals surface area contributed by atoms with Crippen LogP contribution in [0, 0.1) is 0 Å². The molecule has 0 heterocycles. The number of hydrogen-bond acceptors (Lipinski definition) is 2. The fourth-order valence-electron chi connectivity index (χ4n) is 1.24. The third kappa shape index (κ3) is 2.89. The second kappa shape index (κ2) is 4.67. The highest BCUT2D eigenvalue weighted by Gasteiger charge is 2.09. The van der Waals surface area contributed by atoms with Crippen molar-refractivity contribution in [1.29, 1.82) is 0 Å². The number of benzene rings is 1. The van der Waals surface area contributed by atoms with Crippen LogP contribution < -0.4 is 10.5 Å². The van der Waals surface area contributed by atoms with Crippen molar-refractivity contribution in [3.05, 3.63) is 28.8 Å². The minimum Gasteiger partial charge on any atom is -0.491 e. The molecule has 0 aliphatic carbocycles. The lowest BCUT2D eigenvalue weighted by Crippen LogP contribution is -2.11. The molecule has 1 atom stereocenters. The first kappa shape index (κ1) is 11.3. The van der Waals surface area contributed by atoms with Gasteiger partial charge in [-0.15, -0.1) is 0 Å². The molecule has 3 heteroatoms. The molecule has 0 spiro atoms. The Bertz CT molecular complexity index is 310. The minimum atomic E-state index is -0.0407. The monoisotopic (exact) mass is 213 g/mol. The molecule has 2 N–H and O–H groups in total. The Labute approximate surface area is 90.0 Å². The molecule has 0 radical (unpaired) electrons. The van der Waals surface area contributed by atoms with Gasteiger partial charge < -0.3 is 10.5 Å². The van der Waals surface area contributed by atoms with Crippen molar-refractivity contribution in [3.8, 4) is 5.75 Å². The number of rotatable bonds is 3. The molecular weight excluding hydrogens is 198 g/mol. The van der Waals surface area contributed by atoms with Crippen molar-refractivity contribution in [2.75, 3.05) is 0 Å². The lowest BCUT2D eigenvalue weighted by molar-refractivity contribution is 0.239. The van der Waals surface area contributed by atoms with Crippen LogP contribution in [0.4, 0.5) is 0 Å². The van der Waals surface area contributed by atoms with Gasteiger partial charge in [-0.3, -0.25) is 0 Å². The lowest BCUT2D eigenvalue weighted by atomic mass is 10.1. The van der Waals surface area contributed by atoms with Crippen LogP contribution in [0.15, 0.2) is 18.2 Å². The van der Waals surface area contributed by atoms with E-state index in [4.69, 9.17) is 22.1 Å². The van der Waals surface area contributed by atoms with Crippen LogP contribution in [0.25, 0.3) is 0 Å². The maximum Gasteiger partial charge on any atom is 0.125 e. The Hall–Kier alpha value is -0.730. The van der Waals surface area contributed by atoms with E-state index < -0.39 is 0 Å². The molecule has 1 aromatic rings. The predicted octanol–water partition coefficient (Wildman–Crippen LogP) is 3.15. The first-order valence-electron chi connectivity index (χ1n) is 4.72. The number of nitrogens with two attached hydrogens (primary N) is 1. The number of halogens is 1. The van der Waals surface area contributed by atoms with Gasteiger partial charge >= 0.3 is 0 Å². The van der Waals surface area contributed by atoms with Gasteiger partial charge in [-0.2, -0.15) is 0 Å². The zero-order chi connectivity index (χ0) is 10.7. The predicted molar refractivity (Wildman–Crippen MR) is 59.8 cm³/mol. The molecule has 78 valence electrons. The van der Waals surface area contributed by atoms with Gasteiger partial charge in [0.1, 0.15) is 5.75 Å². The molecule has 14 heavy (non-hydrogen) atoms. The van der Waals surface area contributed by atoms with Gasteiger partial charge in [-0.25, -0.2) is 0 Å². The van der Waals surface area contributed by atoms with E-state index in [2.05, 4.69) is 0 Å². The fraction of sp³-hybridized carbons (Fsp3) is 0.455. The Morgan fingerprint density at radius 2 is 1.93 bits per heavy atom. The summed E-state index contributed by atoms with van der Waals surface area (Å²) in [5.41, 5.74) is 6.81. The molecule has 0 saturated carbocycles. The van der Waals surface area contributed by atoms with Gasteiger partial charge in [0.05, 0.1) is 6.10 Å². The van der Waals surface area contributed by atoms with Crippen molar-refractivity contribution in [3.63, 3.8) is 0 Å². The molecule has 0 saturated heterocycles. The summed E-state index contributed by atoms with van der Waals surface area (Å²) >= 11 is 5.88. The average molecular weight is 214 g/mol.